The van der Waals surface area contributed by atoms with Gasteiger partial charge in [0.1, 0.15) is 0 Å². The van der Waals surface area contributed by atoms with Crippen LogP contribution >= 0.6 is 0 Å². The van der Waals surface area contributed by atoms with Gasteiger partial charge in [0.15, 0.2) is 5.96 Å². The van der Waals surface area contributed by atoms with E-state index in [4.69, 9.17) is 5.73 Å². The second kappa shape index (κ2) is 7.46. The predicted molar refractivity (Wildman–Crippen MR) is 97.9 cm³/mol. The number of rotatable bonds is 5. The van der Waals surface area contributed by atoms with Crippen LogP contribution < -0.4 is 11.1 Å². The third-order valence-corrected chi connectivity index (χ3v) is 3.65. The molecule has 0 saturated heterocycles. The zero-order valence-corrected chi connectivity index (χ0v) is 13.7. The highest BCUT2D eigenvalue weighted by Crippen LogP contribution is 2.10. The van der Waals surface area contributed by atoms with Crippen LogP contribution in [-0.2, 0) is 13.1 Å². The largest absolute Gasteiger partial charge is 0.370 e. The summed E-state index contributed by atoms with van der Waals surface area (Å²) >= 11 is 0. The van der Waals surface area contributed by atoms with Crippen molar-refractivity contribution < 1.29 is 0 Å². The summed E-state index contributed by atoms with van der Waals surface area (Å²) in [5.41, 5.74) is 10.4. The van der Waals surface area contributed by atoms with Gasteiger partial charge >= 0.3 is 0 Å². The van der Waals surface area contributed by atoms with Gasteiger partial charge in [-0.1, -0.05) is 42.0 Å². The molecule has 5 heteroatoms. The van der Waals surface area contributed by atoms with Crippen molar-refractivity contribution in [2.45, 2.75) is 20.0 Å². The van der Waals surface area contributed by atoms with Crippen molar-refractivity contribution in [3.05, 3.63) is 83.7 Å². The van der Waals surface area contributed by atoms with Crippen molar-refractivity contribution >= 4 is 11.6 Å². The van der Waals surface area contributed by atoms with Crippen molar-refractivity contribution in [3.63, 3.8) is 0 Å². The lowest BCUT2D eigenvalue weighted by Gasteiger charge is -2.07. The van der Waals surface area contributed by atoms with Crippen molar-refractivity contribution in [1.82, 2.24) is 9.78 Å². The molecule has 3 N–H and O–H groups in total. The van der Waals surface area contributed by atoms with E-state index in [9.17, 15) is 0 Å². The molecule has 3 rings (SSSR count). The van der Waals surface area contributed by atoms with E-state index in [0.717, 1.165) is 17.8 Å². The first-order valence-electron chi connectivity index (χ1n) is 7.88. The fraction of sp³-hybridized carbons (Fsp3) is 0.158. The Morgan fingerprint density at radius 2 is 1.92 bits per heavy atom. The number of aliphatic imine (C=N–C) groups is 1. The fourth-order valence-electron chi connectivity index (χ4n) is 2.41. The zero-order valence-electron chi connectivity index (χ0n) is 13.7. The number of nitrogens with zero attached hydrogens (tertiary/aromatic N) is 3. The summed E-state index contributed by atoms with van der Waals surface area (Å²) in [5.74, 6) is 0.413. The zero-order chi connectivity index (χ0) is 16.8. The van der Waals surface area contributed by atoms with Gasteiger partial charge in [-0.3, -0.25) is 4.68 Å². The highest BCUT2D eigenvalue weighted by atomic mass is 15.3. The second-order valence-electron chi connectivity index (χ2n) is 5.72. The average Bonchev–Trinajstić information content (AvgIpc) is 3.08. The van der Waals surface area contributed by atoms with Gasteiger partial charge in [0.25, 0.3) is 0 Å². The molecule has 0 aliphatic carbocycles. The van der Waals surface area contributed by atoms with E-state index in [-0.39, 0.29) is 0 Å². The third-order valence-electron chi connectivity index (χ3n) is 3.65. The van der Waals surface area contributed by atoms with Gasteiger partial charge in [-0.2, -0.15) is 5.10 Å². The van der Waals surface area contributed by atoms with Gasteiger partial charge in [-0.25, -0.2) is 4.99 Å². The molecule has 0 aliphatic heterocycles. The maximum Gasteiger partial charge on any atom is 0.193 e. The van der Waals surface area contributed by atoms with E-state index in [0.29, 0.717) is 12.5 Å². The molecule has 2 aromatic carbocycles. The molecule has 3 aromatic rings. The van der Waals surface area contributed by atoms with Gasteiger partial charge in [-0.05, 0) is 36.2 Å². The number of hydrogen-bond acceptors (Lipinski definition) is 2. The van der Waals surface area contributed by atoms with E-state index < -0.39 is 0 Å². The molecule has 5 nitrogen and oxygen atoms in total. The quantitative estimate of drug-likeness (QED) is 0.560. The first-order chi connectivity index (χ1) is 11.7. The van der Waals surface area contributed by atoms with Gasteiger partial charge in [0.2, 0.25) is 0 Å². The smallest absolute Gasteiger partial charge is 0.193 e. The van der Waals surface area contributed by atoms with Crippen molar-refractivity contribution in [2.75, 3.05) is 5.32 Å². The number of nitrogens with one attached hydrogen (secondary N) is 1. The van der Waals surface area contributed by atoms with Gasteiger partial charge in [-0.15, -0.1) is 0 Å². The average molecular weight is 319 g/mol. The summed E-state index contributed by atoms with van der Waals surface area (Å²) < 4.78 is 1.90. The van der Waals surface area contributed by atoms with Crippen LogP contribution in [0.2, 0.25) is 0 Å². The van der Waals surface area contributed by atoms with Crippen LogP contribution in [0.1, 0.15) is 16.7 Å². The molecule has 0 atom stereocenters. The molecule has 122 valence electrons. The third kappa shape index (κ3) is 4.46. The predicted octanol–water partition coefficient (Wildman–Crippen LogP) is 3.17. The van der Waals surface area contributed by atoms with Crippen LogP contribution in [0, 0.1) is 6.92 Å². The molecule has 1 aromatic heterocycles. The molecule has 0 aliphatic rings. The molecule has 0 unspecified atom stereocenters. The van der Waals surface area contributed by atoms with Crippen LogP contribution in [0.15, 0.2) is 72.0 Å². The van der Waals surface area contributed by atoms with Crippen LogP contribution in [0.3, 0.4) is 0 Å². The van der Waals surface area contributed by atoms with Crippen LogP contribution in [0.5, 0.6) is 0 Å². The van der Waals surface area contributed by atoms with Gasteiger partial charge < -0.3 is 11.1 Å². The lowest BCUT2D eigenvalue weighted by Crippen LogP contribution is -2.22. The molecule has 0 amide bonds. The van der Waals surface area contributed by atoms with Gasteiger partial charge in [0.05, 0.1) is 13.1 Å². The fourth-order valence-corrected chi connectivity index (χ4v) is 2.41. The number of guanidine groups is 1. The van der Waals surface area contributed by atoms with E-state index >= 15 is 0 Å². The number of nitrogens with two attached hydrogens (primary N) is 1. The minimum Gasteiger partial charge on any atom is -0.370 e. The van der Waals surface area contributed by atoms with Gasteiger partial charge in [0, 0.05) is 18.1 Å². The molecular formula is C19H21N5. The van der Waals surface area contributed by atoms with Crippen molar-refractivity contribution in [2.24, 2.45) is 10.7 Å². The minimum absolute atomic E-state index is 0.413. The van der Waals surface area contributed by atoms with Crippen LogP contribution in [0.4, 0.5) is 5.69 Å². The number of aromatic nitrogens is 2. The molecule has 0 fully saturated rings. The van der Waals surface area contributed by atoms with E-state index in [2.05, 4.69) is 40.5 Å². The number of aryl methyl sites for hydroxylation is 1. The van der Waals surface area contributed by atoms with E-state index in [1.54, 1.807) is 6.20 Å². The molecular weight excluding hydrogens is 298 g/mol. The lowest BCUT2D eigenvalue weighted by atomic mass is 10.1. The number of benzene rings is 2. The molecule has 1 heterocycles. The number of anilines is 1. The Morgan fingerprint density at radius 1 is 1.12 bits per heavy atom. The summed E-state index contributed by atoms with van der Waals surface area (Å²) in [4.78, 5) is 4.41. The Balaban J connectivity index is 1.61. The summed E-state index contributed by atoms with van der Waals surface area (Å²) in [6, 6.07) is 18.3. The monoisotopic (exact) mass is 319 g/mol. The lowest BCUT2D eigenvalue weighted by molar-refractivity contribution is 0.686. The molecule has 0 spiro atoms. The Kier molecular flexibility index (Phi) is 4.91. The van der Waals surface area contributed by atoms with Crippen LogP contribution in [-0.4, -0.2) is 15.7 Å². The Morgan fingerprint density at radius 3 is 2.67 bits per heavy atom. The standard InChI is InChI=1S/C19H21N5/c1-15-6-8-18(9-7-15)23-19(20)21-13-16-4-2-5-17(12-16)14-24-11-3-10-22-24/h2-12H,13-14H2,1H3,(H3,20,21,23). The normalized spacial score (nSPS) is 11.5. The number of hydrogen-bond donors (Lipinski definition) is 2. The first kappa shape index (κ1) is 15.8. The highest BCUT2D eigenvalue weighted by Gasteiger charge is 1.99. The Hall–Kier alpha value is -3.08. The molecule has 0 bridgehead atoms. The maximum atomic E-state index is 5.96. The summed E-state index contributed by atoms with van der Waals surface area (Å²) in [6.45, 7) is 3.34. The summed E-state index contributed by atoms with van der Waals surface area (Å²) in [5, 5.41) is 7.33. The van der Waals surface area contributed by atoms with Crippen molar-refractivity contribution in [1.29, 1.82) is 0 Å². The molecule has 0 radical (unpaired) electrons. The Labute approximate surface area is 141 Å². The topological polar surface area (TPSA) is 68.2 Å². The summed E-state index contributed by atoms with van der Waals surface area (Å²) in [6.07, 6.45) is 3.74. The Bertz CT molecular complexity index is 804. The molecule has 24 heavy (non-hydrogen) atoms. The minimum atomic E-state index is 0.413. The SMILES string of the molecule is Cc1ccc(NC(N)=NCc2cccc(Cn3cccn3)c2)cc1. The summed E-state index contributed by atoms with van der Waals surface area (Å²) in [7, 11) is 0. The first-order valence-corrected chi connectivity index (χ1v) is 7.88. The van der Waals surface area contributed by atoms with E-state index in [1.807, 2.05) is 47.3 Å². The highest BCUT2D eigenvalue weighted by molar-refractivity contribution is 5.92. The van der Waals surface area contributed by atoms with Crippen molar-refractivity contribution in [3.8, 4) is 0 Å². The molecule has 0 saturated carbocycles. The second-order valence-corrected chi connectivity index (χ2v) is 5.72. The van der Waals surface area contributed by atoms with Crippen LogP contribution in [0.25, 0.3) is 0 Å². The maximum absolute atomic E-state index is 5.96. The van der Waals surface area contributed by atoms with E-state index in [1.165, 1.54) is 11.1 Å².